The van der Waals surface area contributed by atoms with Gasteiger partial charge >= 0.3 is 0 Å². The Morgan fingerprint density at radius 2 is 2.38 bits per heavy atom. The number of nitrogens with zero attached hydrogens (tertiary/aromatic N) is 1. The second kappa shape index (κ2) is 5.06. The second-order valence-electron chi connectivity index (χ2n) is 1.54. The highest BCUT2D eigenvalue weighted by molar-refractivity contribution is 6.28. The largest absolute Gasteiger partial charge is 0.301 e. The minimum Gasteiger partial charge on any atom is -0.301 e. The molecule has 0 radical (unpaired) electrons. The summed E-state index contributed by atoms with van der Waals surface area (Å²) < 4.78 is 0. The molecule has 0 rings (SSSR count). The van der Waals surface area contributed by atoms with Gasteiger partial charge in [0.15, 0.2) is 0 Å². The molecule has 0 aromatic heterocycles. The van der Waals surface area contributed by atoms with E-state index >= 15 is 0 Å². The van der Waals surface area contributed by atoms with E-state index in [0.29, 0.717) is 12.5 Å². The lowest BCUT2D eigenvalue weighted by Crippen LogP contribution is -2.07. The summed E-state index contributed by atoms with van der Waals surface area (Å²) in [6.45, 7) is 2.57. The van der Waals surface area contributed by atoms with Crippen LogP contribution in [0.2, 0.25) is 0 Å². The Kier molecular flexibility index (Phi) is 5.01. The Hall–Kier alpha value is -0.0800. The van der Waals surface area contributed by atoms with E-state index in [1.54, 1.807) is 0 Å². The summed E-state index contributed by atoms with van der Waals surface area (Å²) in [5, 5.41) is 2.89. The van der Waals surface area contributed by atoms with Crippen LogP contribution >= 0.6 is 11.6 Å². The molecule has 0 aromatic carbocycles. The third kappa shape index (κ3) is 4.09. The summed E-state index contributed by atoms with van der Waals surface area (Å²) >= 11 is 5.43. The molecular formula is C5H11ClN2. The molecule has 2 nitrogen and oxygen atoms in total. The molecule has 8 heavy (non-hydrogen) atoms. The highest BCUT2D eigenvalue weighted by Gasteiger charge is 1.81. The first-order valence-electron chi connectivity index (χ1n) is 2.51. The third-order valence-corrected chi connectivity index (χ3v) is 1.09. The van der Waals surface area contributed by atoms with E-state index in [2.05, 4.69) is 10.3 Å². The lowest BCUT2D eigenvalue weighted by Gasteiger charge is -1.91. The zero-order valence-corrected chi connectivity index (χ0v) is 6.00. The van der Waals surface area contributed by atoms with Crippen LogP contribution in [0.4, 0.5) is 0 Å². The number of nitrogens with one attached hydrogen (secondary N) is 1. The summed E-state index contributed by atoms with van der Waals surface area (Å²) in [6, 6.07) is 0. The van der Waals surface area contributed by atoms with Crippen LogP contribution in [-0.2, 0) is 0 Å². The highest BCUT2D eigenvalue weighted by atomic mass is 35.5. The minimum absolute atomic E-state index is 0.529. The number of hydrogen-bond donors (Lipinski definition) is 1. The van der Waals surface area contributed by atoms with Crippen molar-refractivity contribution in [1.82, 2.24) is 5.32 Å². The van der Waals surface area contributed by atoms with Gasteiger partial charge in [-0.2, -0.15) is 0 Å². The van der Waals surface area contributed by atoms with Crippen molar-refractivity contribution in [3.8, 4) is 0 Å². The van der Waals surface area contributed by atoms with Crippen molar-refractivity contribution in [2.75, 3.05) is 19.6 Å². The van der Waals surface area contributed by atoms with E-state index in [0.717, 1.165) is 5.71 Å². The number of hydrogen-bond acceptors (Lipinski definition) is 2. The normalized spacial score (nSPS) is 12.1. The van der Waals surface area contributed by atoms with Crippen LogP contribution in [-0.4, -0.2) is 25.3 Å². The van der Waals surface area contributed by atoms with E-state index in [9.17, 15) is 0 Å². The minimum atomic E-state index is 0.529. The molecule has 3 heteroatoms. The lowest BCUT2D eigenvalue weighted by atomic mass is 10.5. The van der Waals surface area contributed by atoms with Gasteiger partial charge in [0.1, 0.15) is 0 Å². The van der Waals surface area contributed by atoms with Gasteiger partial charge in [-0.1, -0.05) is 0 Å². The molecule has 0 amide bonds. The van der Waals surface area contributed by atoms with Crippen molar-refractivity contribution >= 4 is 17.3 Å². The second-order valence-corrected chi connectivity index (χ2v) is 1.81. The van der Waals surface area contributed by atoms with E-state index in [1.807, 2.05) is 14.0 Å². The number of aliphatic imine (C=N–C) groups is 1. The van der Waals surface area contributed by atoms with Gasteiger partial charge < -0.3 is 5.32 Å². The molecule has 0 saturated carbocycles. The van der Waals surface area contributed by atoms with E-state index in [4.69, 9.17) is 11.6 Å². The molecule has 0 saturated heterocycles. The molecule has 0 atom stereocenters. The van der Waals surface area contributed by atoms with Crippen LogP contribution in [0.15, 0.2) is 4.99 Å². The van der Waals surface area contributed by atoms with Crippen molar-refractivity contribution in [2.45, 2.75) is 6.92 Å². The Bertz CT molecular complexity index is 80.5. The van der Waals surface area contributed by atoms with E-state index in [-0.39, 0.29) is 0 Å². The van der Waals surface area contributed by atoms with Gasteiger partial charge in [-0.05, 0) is 14.0 Å². The predicted molar refractivity (Wildman–Crippen MR) is 37.8 cm³/mol. The molecule has 48 valence electrons. The average molecular weight is 135 g/mol. The summed E-state index contributed by atoms with van der Waals surface area (Å²) in [4.78, 5) is 4.03. The lowest BCUT2D eigenvalue weighted by molar-refractivity contribution is 0.833. The fourth-order valence-corrected chi connectivity index (χ4v) is 0.341. The zero-order chi connectivity index (χ0) is 6.41. The molecule has 0 bridgehead atoms. The molecule has 0 fully saturated rings. The highest BCUT2D eigenvalue weighted by Crippen LogP contribution is 1.79. The van der Waals surface area contributed by atoms with Crippen molar-refractivity contribution in [1.29, 1.82) is 0 Å². The first kappa shape index (κ1) is 7.92. The Morgan fingerprint density at radius 3 is 2.75 bits per heavy atom. The zero-order valence-electron chi connectivity index (χ0n) is 5.24. The molecule has 0 heterocycles. The summed E-state index contributed by atoms with van der Waals surface area (Å²) in [7, 11) is 1.85. The molecule has 1 N–H and O–H groups in total. The molecule has 0 spiro atoms. The van der Waals surface area contributed by atoms with Crippen molar-refractivity contribution in [3.63, 3.8) is 0 Å². The van der Waals surface area contributed by atoms with Crippen LogP contribution < -0.4 is 5.32 Å². The molecule has 0 unspecified atom stereocenters. The quantitative estimate of drug-likeness (QED) is 0.450. The first-order chi connectivity index (χ1) is 3.81. The van der Waals surface area contributed by atoms with Gasteiger partial charge in [0.2, 0.25) is 0 Å². The Labute approximate surface area is 54.9 Å². The molecule has 0 aliphatic heterocycles. The van der Waals surface area contributed by atoms with E-state index in [1.165, 1.54) is 0 Å². The Balaban J connectivity index is 3.26. The van der Waals surface area contributed by atoms with E-state index < -0.39 is 0 Å². The van der Waals surface area contributed by atoms with Gasteiger partial charge in [-0.25, -0.2) is 0 Å². The molecule has 0 aliphatic carbocycles. The standard InChI is InChI=1S/C5H11ClN2/c1-5(3-6)8-4-7-2/h7H,3-4H2,1-2H3. The Morgan fingerprint density at radius 1 is 1.75 bits per heavy atom. The van der Waals surface area contributed by atoms with Gasteiger partial charge in [-0.15, -0.1) is 11.6 Å². The monoisotopic (exact) mass is 134 g/mol. The van der Waals surface area contributed by atoms with Crippen LogP contribution in [0.1, 0.15) is 6.92 Å². The van der Waals surface area contributed by atoms with Crippen LogP contribution in [0.3, 0.4) is 0 Å². The van der Waals surface area contributed by atoms with Gasteiger partial charge in [-0.3, -0.25) is 4.99 Å². The van der Waals surface area contributed by atoms with Crippen molar-refractivity contribution < 1.29 is 0 Å². The smallest absolute Gasteiger partial charge is 0.0881 e. The van der Waals surface area contributed by atoms with Crippen molar-refractivity contribution in [3.05, 3.63) is 0 Å². The number of rotatable bonds is 3. The maximum absolute atomic E-state index is 5.43. The third-order valence-electron chi connectivity index (χ3n) is 0.700. The topological polar surface area (TPSA) is 24.4 Å². The summed E-state index contributed by atoms with van der Waals surface area (Å²) in [5.41, 5.74) is 0.973. The van der Waals surface area contributed by atoms with Gasteiger partial charge in [0.25, 0.3) is 0 Å². The fraction of sp³-hybridized carbons (Fsp3) is 0.800. The average Bonchev–Trinajstić information content (AvgIpc) is 1.83. The van der Waals surface area contributed by atoms with Gasteiger partial charge in [0.05, 0.1) is 12.5 Å². The summed E-state index contributed by atoms with van der Waals surface area (Å²) in [5.74, 6) is 0.529. The van der Waals surface area contributed by atoms with Crippen LogP contribution in [0, 0.1) is 0 Å². The van der Waals surface area contributed by atoms with Crippen LogP contribution in [0.25, 0.3) is 0 Å². The SMILES string of the molecule is CNCN=C(C)CCl. The van der Waals surface area contributed by atoms with Gasteiger partial charge in [0, 0.05) is 5.71 Å². The molecular weight excluding hydrogens is 124 g/mol. The molecule has 0 aromatic rings. The van der Waals surface area contributed by atoms with Crippen LogP contribution in [0.5, 0.6) is 0 Å². The fourth-order valence-electron chi connectivity index (χ4n) is 0.256. The predicted octanol–water partition coefficient (Wildman–Crippen LogP) is 0.863. The number of alkyl halides is 1. The summed E-state index contributed by atoms with van der Waals surface area (Å²) in [6.07, 6.45) is 0. The van der Waals surface area contributed by atoms with Crippen molar-refractivity contribution in [2.24, 2.45) is 4.99 Å². The maximum atomic E-state index is 5.43. The maximum Gasteiger partial charge on any atom is 0.0881 e. The number of halogens is 1. The molecule has 0 aliphatic rings. The first-order valence-corrected chi connectivity index (χ1v) is 3.05.